The number of hydrogen-bond donors (Lipinski definition) is 0. The molecule has 0 N–H and O–H groups in total. The number of fused-ring (bicyclic) bond motifs is 2. The van der Waals surface area contributed by atoms with E-state index in [9.17, 15) is 4.79 Å². The van der Waals surface area contributed by atoms with Crippen LogP contribution in [0.15, 0.2) is 91.0 Å². The molecule has 0 saturated carbocycles. The van der Waals surface area contributed by atoms with Crippen molar-refractivity contribution < 1.29 is 9.53 Å². The molecule has 142 valence electrons. The highest BCUT2D eigenvalue weighted by molar-refractivity contribution is 6.15. The fourth-order valence-electron chi connectivity index (χ4n) is 4.31. The van der Waals surface area contributed by atoms with Crippen LogP contribution >= 0.6 is 0 Å². The van der Waals surface area contributed by atoms with E-state index in [0.717, 1.165) is 33.6 Å². The second-order valence-corrected chi connectivity index (χ2v) is 7.54. The number of carbonyl (C=O) groups excluding carboxylic acids is 1. The highest BCUT2D eigenvalue weighted by Gasteiger charge is 2.49. The number of amides is 1. The molecule has 3 heteroatoms. The fourth-order valence-corrected chi connectivity index (χ4v) is 4.31. The molecule has 0 fully saturated rings. The van der Waals surface area contributed by atoms with Gasteiger partial charge in [-0.05, 0) is 65.2 Å². The first-order chi connectivity index (χ1) is 14.1. The van der Waals surface area contributed by atoms with Gasteiger partial charge in [-0.25, -0.2) is 0 Å². The van der Waals surface area contributed by atoms with Crippen LogP contribution in [0.5, 0.6) is 5.75 Å². The zero-order valence-electron chi connectivity index (χ0n) is 16.4. The average Bonchev–Trinajstić information content (AvgIpc) is 3.01. The predicted molar refractivity (Wildman–Crippen MR) is 117 cm³/mol. The summed E-state index contributed by atoms with van der Waals surface area (Å²) in [4.78, 5) is 15.7. The summed E-state index contributed by atoms with van der Waals surface area (Å²) in [5, 5.41) is 2.31. The van der Waals surface area contributed by atoms with Crippen molar-refractivity contribution >= 4 is 28.1 Å². The number of rotatable bonds is 3. The summed E-state index contributed by atoms with van der Waals surface area (Å²) >= 11 is 0. The Morgan fingerprint density at radius 3 is 2.24 bits per heavy atom. The predicted octanol–water partition coefficient (Wildman–Crippen LogP) is 5.83. The number of benzene rings is 4. The zero-order valence-corrected chi connectivity index (χ0v) is 16.4. The zero-order chi connectivity index (χ0) is 20.0. The highest BCUT2D eigenvalue weighted by atomic mass is 16.5. The van der Waals surface area contributed by atoms with E-state index in [1.807, 2.05) is 66.4 Å². The SMILES string of the molecule is COc1ccc(N2C(=O)[C@@](C)(c3ccc4ccccc4c3)c3ccccc32)cc1. The molecule has 1 atom stereocenters. The second kappa shape index (κ2) is 6.49. The molecular formula is C26H21NO2. The van der Waals surface area contributed by atoms with Crippen LogP contribution in [0.2, 0.25) is 0 Å². The smallest absolute Gasteiger partial charge is 0.246 e. The summed E-state index contributed by atoms with van der Waals surface area (Å²) in [5.74, 6) is 0.824. The Balaban J connectivity index is 1.69. The molecule has 4 aromatic carbocycles. The Kier molecular flexibility index (Phi) is 3.92. The van der Waals surface area contributed by atoms with Gasteiger partial charge in [0.15, 0.2) is 0 Å². The lowest BCUT2D eigenvalue weighted by Gasteiger charge is -2.25. The Hall–Kier alpha value is -3.59. The Morgan fingerprint density at radius 1 is 0.793 bits per heavy atom. The molecule has 1 aliphatic heterocycles. The third-order valence-electron chi connectivity index (χ3n) is 5.97. The molecule has 1 heterocycles. The number of nitrogens with zero attached hydrogens (tertiary/aromatic N) is 1. The quantitative estimate of drug-likeness (QED) is 0.448. The van der Waals surface area contributed by atoms with Gasteiger partial charge in [0.25, 0.3) is 0 Å². The highest BCUT2D eigenvalue weighted by Crippen LogP contribution is 2.49. The molecule has 4 aromatic rings. The number of anilines is 2. The van der Waals surface area contributed by atoms with Crippen molar-refractivity contribution in [3.05, 3.63) is 102 Å². The van der Waals surface area contributed by atoms with E-state index in [2.05, 4.69) is 36.4 Å². The van der Waals surface area contributed by atoms with Crippen LogP contribution in [-0.2, 0) is 10.2 Å². The summed E-state index contributed by atoms with van der Waals surface area (Å²) in [6.45, 7) is 2.03. The van der Waals surface area contributed by atoms with Crippen molar-refractivity contribution in [1.29, 1.82) is 0 Å². The van der Waals surface area contributed by atoms with Gasteiger partial charge in [-0.2, -0.15) is 0 Å². The van der Waals surface area contributed by atoms with E-state index >= 15 is 0 Å². The van der Waals surface area contributed by atoms with Crippen LogP contribution < -0.4 is 9.64 Å². The van der Waals surface area contributed by atoms with Gasteiger partial charge in [-0.3, -0.25) is 9.69 Å². The first-order valence-corrected chi connectivity index (χ1v) is 9.70. The van der Waals surface area contributed by atoms with Crippen molar-refractivity contribution in [2.24, 2.45) is 0 Å². The van der Waals surface area contributed by atoms with E-state index in [1.54, 1.807) is 7.11 Å². The van der Waals surface area contributed by atoms with Gasteiger partial charge in [0, 0.05) is 5.69 Å². The Bertz CT molecular complexity index is 1230. The largest absolute Gasteiger partial charge is 0.497 e. The van der Waals surface area contributed by atoms with Crippen molar-refractivity contribution in [3.8, 4) is 5.75 Å². The van der Waals surface area contributed by atoms with E-state index in [0.29, 0.717) is 0 Å². The molecule has 1 amide bonds. The monoisotopic (exact) mass is 379 g/mol. The third kappa shape index (κ3) is 2.54. The number of methoxy groups -OCH3 is 1. The first kappa shape index (κ1) is 17.5. The van der Waals surface area contributed by atoms with Gasteiger partial charge in [0.1, 0.15) is 5.75 Å². The molecule has 0 saturated heterocycles. The maximum Gasteiger partial charge on any atom is 0.246 e. The number of ether oxygens (including phenoxy) is 1. The van der Waals surface area contributed by atoms with Crippen molar-refractivity contribution in [3.63, 3.8) is 0 Å². The maximum absolute atomic E-state index is 13.9. The van der Waals surface area contributed by atoms with Crippen molar-refractivity contribution in [1.82, 2.24) is 0 Å². The van der Waals surface area contributed by atoms with Crippen LogP contribution in [0.1, 0.15) is 18.1 Å². The van der Waals surface area contributed by atoms with Crippen LogP contribution in [0.4, 0.5) is 11.4 Å². The van der Waals surface area contributed by atoms with Gasteiger partial charge in [-0.15, -0.1) is 0 Å². The minimum atomic E-state index is -0.749. The summed E-state index contributed by atoms with van der Waals surface area (Å²) in [6, 6.07) is 30.3. The van der Waals surface area contributed by atoms with Crippen LogP contribution in [0.25, 0.3) is 10.8 Å². The lowest BCUT2D eigenvalue weighted by atomic mass is 9.76. The molecule has 0 bridgehead atoms. The normalized spacial score (nSPS) is 18.1. The topological polar surface area (TPSA) is 29.5 Å². The first-order valence-electron chi connectivity index (χ1n) is 9.70. The van der Waals surface area contributed by atoms with Crippen LogP contribution in [0.3, 0.4) is 0 Å². The van der Waals surface area contributed by atoms with Crippen LogP contribution in [-0.4, -0.2) is 13.0 Å². The minimum absolute atomic E-state index is 0.0548. The van der Waals surface area contributed by atoms with Gasteiger partial charge >= 0.3 is 0 Å². The molecule has 0 aliphatic carbocycles. The third-order valence-corrected chi connectivity index (χ3v) is 5.97. The van der Waals surface area contributed by atoms with Crippen molar-refractivity contribution in [2.75, 3.05) is 12.0 Å². The van der Waals surface area contributed by atoms with E-state index < -0.39 is 5.41 Å². The summed E-state index contributed by atoms with van der Waals surface area (Å²) < 4.78 is 5.28. The van der Waals surface area contributed by atoms with E-state index in [-0.39, 0.29) is 5.91 Å². The Labute approximate surface area is 170 Å². The molecule has 3 nitrogen and oxygen atoms in total. The summed E-state index contributed by atoms with van der Waals surface area (Å²) in [6.07, 6.45) is 0. The number of hydrogen-bond acceptors (Lipinski definition) is 2. The van der Waals surface area contributed by atoms with Crippen molar-refractivity contribution in [2.45, 2.75) is 12.3 Å². The lowest BCUT2D eigenvalue weighted by Crippen LogP contribution is -2.36. The van der Waals surface area contributed by atoms with Gasteiger partial charge < -0.3 is 4.74 Å². The van der Waals surface area contributed by atoms with Crippen LogP contribution in [0, 0.1) is 0 Å². The molecule has 0 spiro atoms. The van der Waals surface area contributed by atoms with E-state index in [1.165, 1.54) is 5.39 Å². The standard InChI is InChI=1S/C26H21NO2/c1-26(20-12-11-18-7-3-4-8-19(18)17-20)23-9-5-6-10-24(23)27(25(26)28)21-13-15-22(29-2)16-14-21/h3-17H,1-2H3/t26-/m0/s1. The Morgan fingerprint density at radius 2 is 1.48 bits per heavy atom. The molecule has 29 heavy (non-hydrogen) atoms. The van der Waals surface area contributed by atoms with Gasteiger partial charge in [0.2, 0.25) is 5.91 Å². The fraction of sp³-hybridized carbons (Fsp3) is 0.115. The van der Waals surface area contributed by atoms with E-state index in [4.69, 9.17) is 4.74 Å². The summed E-state index contributed by atoms with van der Waals surface area (Å²) in [5.41, 5.74) is 3.05. The summed E-state index contributed by atoms with van der Waals surface area (Å²) in [7, 11) is 1.64. The molecule has 1 aliphatic rings. The number of carbonyl (C=O) groups is 1. The van der Waals surface area contributed by atoms with Gasteiger partial charge in [-0.1, -0.05) is 54.6 Å². The molecule has 0 aromatic heterocycles. The molecule has 0 radical (unpaired) electrons. The maximum atomic E-state index is 13.9. The minimum Gasteiger partial charge on any atom is -0.497 e. The molecular weight excluding hydrogens is 358 g/mol. The molecule has 5 rings (SSSR count). The molecule has 0 unspecified atom stereocenters. The second-order valence-electron chi connectivity index (χ2n) is 7.54. The average molecular weight is 379 g/mol. The lowest BCUT2D eigenvalue weighted by molar-refractivity contribution is -0.120. The number of para-hydroxylation sites is 1. The van der Waals surface area contributed by atoms with Gasteiger partial charge in [0.05, 0.1) is 18.2 Å².